The van der Waals surface area contributed by atoms with Crippen molar-refractivity contribution in [3.63, 3.8) is 0 Å². The van der Waals surface area contributed by atoms with Gasteiger partial charge in [-0.25, -0.2) is 0 Å². The largest absolute Gasteiger partial charge is 0.370 e. The summed E-state index contributed by atoms with van der Waals surface area (Å²) in [5.41, 5.74) is 4.97. The number of nitrogens with two attached hydrogens (primary N) is 1. The van der Waals surface area contributed by atoms with Crippen LogP contribution >= 0.6 is 0 Å². The van der Waals surface area contributed by atoms with Gasteiger partial charge in [-0.3, -0.25) is 4.79 Å². The number of hydrogen-bond acceptors (Lipinski definition) is 2. The van der Waals surface area contributed by atoms with Crippen molar-refractivity contribution in [3.8, 4) is 0 Å². The van der Waals surface area contributed by atoms with E-state index in [2.05, 4.69) is 19.2 Å². The summed E-state index contributed by atoms with van der Waals surface area (Å²) in [4.78, 5) is 10.7. The smallest absolute Gasteiger partial charge is 0.219 e. The van der Waals surface area contributed by atoms with Gasteiger partial charge in [0.25, 0.3) is 0 Å². The van der Waals surface area contributed by atoms with E-state index >= 15 is 0 Å². The molecule has 0 radical (unpaired) electrons. The molecule has 0 saturated carbocycles. The zero-order chi connectivity index (χ0) is 10.5. The SMILES string of the molecule is CC(C)CCNC(C)(C)CC(N)=O. The van der Waals surface area contributed by atoms with Crippen molar-refractivity contribution in [2.75, 3.05) is 6.54 Å². The highest BCUT2D eigenvalue weighted by Crippen LogP contribution is 2.08. The fraction of sp³-hybridized carbons (Fsp3) is 0.900. The van der Waals surface area contributed by atoms with Gasteiger partial charge in [0.05, 0.1) is 0 Å². The number of amides is 1. The van der Waals surface area contributed by atoms with Crippen LogP contribution in [-0.2, 0) is 4.79 Å². The highest BCUT2D eigenvalue weighted by atomic mass is 16.1. The van der Waals surface area contributed by atoms with Crippen LogP contribution in [0.3, 0.4) is 0 Å². The van der Waals surface area contributed by atoms with E-state index in [0.29, 0.717) is 12.3 Å². The van der Waals surface area contributed by atoms with Crippen molar-refractivity contribution >= 4 is 5.91 Å². The summed E-state index contributed by atoms with van der Waals surface area (Å²) in [7, 11) is 0. The first-order valence-corrected chi connectivity index (χ1v) is 4.87. The van der Waals surface area contributed by atoms with E-state index in [1.807, 2.05) is 13.8 Å². The van der Waals surface area contributed by atoms with Gasteiger partial charge >= 0.3 is 0 Å². The molecule has 1 amide bonds. The van der Waals surface area contributed by atoms with Gasteiger partial charge in [-0.15, -0.1) is 0 Å². The van der Waals surface area contributed by atoms with Gasteiger partial charge in [-0.2, -0.15) is 0 Å². The standard InChI is InChI=1S/C10H22N2O/c1-8(2)5-6-12-10(3,4)7-9(11)13/h8,12H,5-7H2,1-4H3,(H2,11,13). The Morgan fingerprint density at radius 1 is 1.46 bits per heavy atom. The van der Waals surface area contributed by atoms with Crippen LogP contribution in [-0.4, -0.2) is 18.0 Å². The molecule has 0 bridgehead atoms. The maximum absolute atomic E-state index is 10.7. The van der Waals surface area contributed by atoms with Crippen molar-refractivity contribution in [2.24, 2.45) is 11.7 Å². The van der Waals surface area contributed by atoms with Gasteiger partial charge in [0.2, 0.25) is 5.91 Å². The summed E-state index contributed by atoms with van der Waals surface area (Å²) in [5, 5.41) is 3.32. The molecule has 0 aromatic heterocycles. The zero-order valence-corrected chi connectivity index (χ0v) is 9.18. The minimum absolute atomic E-state index is 0.166. The number of rotatable bonds is 6. The van der Waals surface area contributed by atoms with Crippen molar-refractivity contribution in [2.45, 2.75) is 46.1 Å². The van der Waals surface area contributed by atoms with Crippen molar-refractivity contribution < 1.29 is 4.79 Å². The molecule has 3 N–H and O–H groups in total. The Hall–Kier alpha value is -0.570. The summed E-state index contributed by atoms with van der Waals surface area (Å²) in [5.74, 6) is 0.443. The zero-order valence-electron chi connectivity index (χ0n) is 9.18. The second-order valence-corrected chi connectivity index (χ2v) is 4.64. The summed E-state index contributed by atoms with van der Waals surface area (Å²) in [6.07, 6.45) is 1.52. The molecule has 0 aromatic carbocycles. The Labute approximate surface area is 81.1 Å². The molecule has 0 atom stereocenters. The van der Waals surface area contributed by atoms with E-state index in [9.17, 15) is 4.79 Å². The lowest BCUT2D eigenvalue weighted by molar-refractivity contribution is -0.119. The second kappa shape index (κ2) is 5.22. The Morgan fingerprint density at radius 2 is 2.00 bits per heavy atom. The van der Waals surface area contributed by atoms with Gasteiger partial charge < -0.3 is 11.1 Å². The van der Waals surface area contributed by atoms with E-state index in [0.717, 1.165) is 13.0 Å². The molecule has 0 saturated heterocycles. The van der Waals surface area contributed by atoms with Gasteiger partial charge in [-0.05, 0) is 32.7 Å². The summed E-state index contributed by atoms with van der Waals surface area (Å²) < 4.78 is 0. The summed E-state index contributed by atoms with van der Waals surface area (Å²) >= 11 is 0. The number of carbonyl (C=O) groups excluding carboxylic acids is 1. The normalized spacial score (nSPS) is 12.1. The summed E-state index contributed by atoms with van der Waals surface area (Å²) in [6, 6.07) is 0. The van der Waals surface area contributed by atoms with Crippen LogP contribution in [0, 0.1) is 5.92 Å². The van der Waals surface area contributed by atoms with E-state index in [1.54, 1.807) is 0 Å². The van der Waals surface area contributed by atoms with Gasteiger partial charge in [0, 0.05) is 12.0 Å². The molecule has 3 heteroatoms. The molecule has 0 spiro atoms. The molecule has 0 unspecified atom stereocenters. The average Bonchev–Trinajstić information content (AvgIpc) is 1.81. The van der Waals surface area contributed by atoms with Gasteiger partial charge in [0.1, 0.15) is 0 Å². The van der Waals surface area contributed by atoms with E-state index in [1.165, 1.54) is 0 Å². The molecule has 0 aromatic rings. The molecule has 0 fully saturated rings. The fourth-order valence-electron chi connectivity index (χ4n) is 1.20. The maximum Gasteiger partial charge on any atom is 0.219 e. The molecule has 0 aliphatic rings. The van der Waals surface area contributed by atoms with E-state index in [4.69, 9.17) is 5.73 Å². The quantitative estimate of drug-likeness (QED) is 0.656. The van der Waals surface area contributed by atoms with Crippen molar-refractivity contribution in [1.82, 2.24) is 5.32 Å². The third kappa shape index (κ3) is 7.78. The molecule has 3 nitrogen and oxygen atoms in total. The van der Waals surface area contributed by atoms with E-state index in [-0.39, 0.29) is 11.4 Å². The number of nitrogens with one attached hydrogen (secondary N) is 1. The van der Waals surface area contributed by atoms with E-state index < -0.39 is 0 Å². The average molecular weight is 186 g/mol. The van der Waals surface area contributed by atoms with Crippen molar-refractivity contribution in [3.05, 3.63) is 0 Å². The van der Waals surface area contributed by atoms with Gasteiger partial charge in [0.15, 0.2) is 0 Å². The Balaban J connectivity index is 3.69. The predicted molar refractivity (Wildman–Crippen MR) is 55.3 cm³/mol. The number of primary amides is 1. The third-order valence-electron chi connectivity index (χ3n) is 1.94. The minimum atomic E-state index is -0.248. The lowest BCUT2D eigenvalue weighted by atomic mass is 9.99. The molecule has 78 valence electrons. The molecule has 0 aliphatic carbocycles. The Bertz CT molecular complexity index is 164. The fourth-order valence-corrected chi connectivity index (χ4v) is 1.20. The van der Waals surface area contributed by atoms with Crippen LogP contribution in [0.15, 0.2) is 0 Å². The monoisotopic (exact) mass is 186 g/mol. The first-order valence-electron chi connectivity index (χ1n) is 4.87. The number of hydrogen-bond donors (Lipinski definition) is 2. The lowest BCUT2D eigenvalue weighted by Crippen LogP contribution is -2.43. The van der Waals surface area contributed by atoms with Crippen LogP contribution in [0.2, 0.25) is 0 Å². The van der Waals surface area contributed by atoms with Crippen molar-refractivity contribution in [1.29, 1.82) is 0 Å². The van der Waals surface area contributed by atoms with Gasteiger partial charge in [-0.1, -0.05) is 13.8 Å². The molecule has 0 aliphatic heterocycles. The molecular weight excluding hydrogens is 164 g/mol. The van der Waals surface area contributed by atoms with Crippen LogP contribution < -0.4 is 11.1 Å². The molecule has 13 heavy (non-hydrogen) atoms. The molecule has 0 rings (SSSR count). The van der Waals surface area contributed by atoms with Crippen LogP contribution in [0.4, 0.5) is 0 Å². The first-order chi connectivity index (χ1) is 5.83. The maximum atomic E-state index is 10.7. The summed E-state index contributed by atoms with van der Waals surface area (Å²) in [6.45, 7) is 9.31. The lowest BCUT2D eigenvalue weighted by Gasteiger charge is -2.25. The topological polar surface area (TPSA) is 55.1 Å². The van der Waals surface area contributed by atoms with Crippen LogP contribution in [0.1, 0.15) is 40.5 Å². The highest BCUT2D eigenvalue weighted by Gasteiger charge is 2.19. The Morgan fingerprint density at radius 3 is 2.38 bits per heavy atom. The number of carbonyl (C=O) groups is 1. The molecular formula is C10H22N2O. The molecule has 0 heterocycles. The second-order valence-electron chi connectivity index (χ2n) is 4.64. The highest BCUT2D eigenvalue weighted by molar-refractivity contribution is 5.74. The van der Waals surface area contributed by atoms with Crippen LogP contribution in [0.25, 0.3) is 0 Å². The van der Waals surface area contributed by atoms with Crippen LogP contribution in [0.5, 0.6) is 0 Å². The minimum Gasteiger partial charge on any atom is -0.370 e. The Kier molecular flexibility index (Phi) is 4.99. The first kappa shape index (κ1) is 12.4. The third-order valence-corrected chi connectivity index (χ3v) is 1.94. The predicted octanol–water partition coefficient (Wildman–Crippen LogP) is 1.28.